The van der Waals surface area contributed by atoms with E-state index in [2.05, 4.69) is 5.32 Å². The Morgan fingerprint density at radius 3 is 2.80 bits per heavy atom. The molecule has 2 rings (SSSR count). The quantitative estimate of drug-likeness (QED) is 0.650. The Morgan fingerprint density at radius 1 is 1.40 bits per heavy atom. The van der Waals surface area contributed by atoms with Gasteiger partial charge in [0.05, 0.1) is 12.1 Å². The maximum Gasteiger partial charge on any atom is 0.433 e. The van der Waals surface area contributed by atoms with Gasteiger partial charge in [-0.15, -0.1) is 0 Å². The van der Waals surface area contributed by atoms with E-state index in [9.17, 15) is 14.5 Å². The number of benzene rings is 1. The minimum Gasteiger partial charge on any atom is -0.404 e. The summed E-state index contributed by atoms with van der Waals surface area (Å²) in [5, 5.41) is 13.8. The summed E-state index contributed by atoms with van der Waals surface area (Å²) in [6.45, 7) is 2.60. The Hall–Kier alpha value is -2.21. The van der Waals surface area contributed by atoms with Crippen molar-refractivity contribution in [3.8, 4) is 0 Å². The maximum atomic E-state index is 13.2. The van der Waals surface area contributed by atoms with E-state index in [4.69, 9.17) is 4.42 Å². The lowest BCUT2D eigenvalue weighted by molar-refractivity contribution is -0.402. The van der Waals surface area contributed by atoms with Gasteiger partial charge in [-0.1, -0.05) is 19.1 Å². The number of nitrogens with zero attached hydrogens (tertiary/aromatic N) is 1. The molecule has 0 saturated heterocycles. The van der Waals surface area contributed by atoms with Crippen LogP contribution < -0.4 is 5.32 Å². The Morgan fingerprint density at radius 2 is 2.20 bits per heavy atom. The summed E-state index contributed by atoms with van der Waals surface area (Å²) >= 11 is 0. The van der Waals surface area contributed by atoms with Crippen LogP contribution in [0.25, 0.3) is 0 Å². The largest absolute Gasteiger partial charge is 0.433 e. The molecule has 0 aliphatic heterocycles. The number of rotatable bonds is 6. The van der Waals surface area contributed by atoms with Crippen molar-refractivity contribution in [2.75, 3.05) is 6.54 Å². The summed E-state index contributed by atoms with van der Waals surface area (Å²) < 4.78 is 18.4. The lowest BCUT2D eigenvalue weighted by Gasteiger charge is -2.15. The number of nitrogens with one attached hydrogen (secondary N) is 1. The first-order chi connectivity index (χ1) is 9.60. The minimum atomic E-state index is -0.575. The molecule has 0 fully saturated rings. The molecule has 0 spiro atoms. The van der Waals surface area contributed by atoms with Crippen LogP contribution in [0.4, 0.5) is 10.3 Å². The molecular weight excluding hydrogens is 263 g/mol. The number of hydrogen-bond acceptors (Lipinski definition) is 4. The Balaban J connectivity index is 2.19. The molecule has 0 amide bonds. The van der Waals surface area contributed by atoms with Crippen molar-refractivity contribution < 1.29 is 13.7 Å². The fourth-order valence-electron chi connectivity index (χ4n) is 2.05. The fraction of sp³-hybridized carbons (Fsp3) is 0.286. The van der Waals surface area contributed by atoms with Gasteiger partial charge in [0.2, 0.25) is 0 Å². The highest BCUT2D eigenvalue weighted by atomic mass is 19.1. The average molecular weight is 278 g/mol. The first-order valence-corrected chi connectivity index (χ1v) is 6.32. The van der Waals surface area contributed by atoms with E-state index in [1.165, 1.54) is 18.2 Å². The molecule has 0 bridgehead atoms. The van der Waals surface area contributed by atoms with Crippen molar-refractivity contribution in [1.82, 2.24) is 5.32 Å². The number of furan rings is 1. The van der Waals surface area contributed by atoms with Crippen LogP contribution in [0.1, 0.15) is 24.3 Å². The molecule has 1 N–H and O–H groups in total. The van der Waals surface area contributed by atoms with Crippen LogP contribution in [-0.4, -0.2) is 11.5 Å². The van der Waals surface area contributed by atoms with Gasteiger partial charge in [-0.05, 0) is 36.7 Å². The van der Waals surface area contributed by atoms with Gasteiger partial charge in [0.1, 0.15) is 16.5 Å². The molecule has 5 nitrogen and oxygen atoms in total. The maximum absolute atomic E-state index is 13.2. The van der Waals surface area contributed by atoms with E-state index in [1.54, 1.807) is 12.1 Å². The van der Waals surface area contributed by atoms with Crippen molar-refractivity contribution in [3.05, 3.63) is 63.7 Å². The molecule has 1 heterocycles. The molecule has 1 aromatic carbocycles. The summed E-state index contributed by atoms with van der Waals surface area (Å²) in [7, 11) is 0. The highest BCUT2D eigenvalue weighted by Gasteiger charge is 2.19. The van der Waals surface area contributed by atoms with Crippen molar-refractivity contribution in [2.24, 2.45) is 0 Å². The van der Waals surface area contributed by atoms with Crippen molar-refractivity contribution in [3.63, 3.8) is 0 Å². The van der Waals surface area contributed by atoms with E-state index >= 15 is 0 Å². The third kappa shape index (κ3) is 3.42. The third-order valence-electron chi connectivity index (χ3n) is 2.92. The molecule has 1 unspecified atom stereocenters. The zero-order chi connectivity index (χ0) is 14.5. The Bertz CT molecular complexity index is 598. The first-order valence-electron chi connectivity index (χ1n) is 6.32. The number of hydrogen-bond donors (Lipinski definition) is 1. The molecule has 1 aromatic heterocycles. The van der Waals surface area contributed by atoms with Crippen molar-refractivity contribution >= 4 is 5.88 Å². The van der Waals surface area contributed by atoms with Gasteiger partial charge in [0.25, 0.3) is 0 Å². The normalized spacial score (nSPS) is 12.3. The van der Waals surface area contributed by atoms with Gasteiger partial charge < -0.3 is 9.73 Å². The molecular formula is C14H15FN2O3. The smallest absolute Gasteiger partial charge is 0.404 e. The molecule has 20 heavy (non-hydrogen) atoms. The zero-order valence-electron chi connectivity index (χ0n) is 11.0. The molecule has 2 aromatic rings. The van der Waals surface area contributed by atoms with Crippen LogP contribution in [-0.2, 0) is 6.42 Å². The van der Waals surface area contributed by atoms with E-state index in [0.29, 0.717) is 18.7 Å². The molecule has 1 atom stereocenters. The average Bonchev–Trinajstić information content (AvgIpc) is 2.88. The van der Waals surface area contributed by atoms with E-state index in [-0.39, 0.29) is 17.7 Å². The lowest BCUT2D eigenvalue weighted by atomic mass is 10.0. The van der Waals surface area contributed by atoms with E-state index in [1.807, 2.05) is 13.0 Å². The number of halogens is 1. The molecule has 0 aliphatic carbocycles. The number of likely N-dealkylation sites (N-methyl/N-ethyl adjacent to an activating group) is 1. The van der Waals surface area contributed by atoms with Gasteiger partial charge in [0.15, 0.2) is 0 Å². The van der Waals surface area contributed by atoms with Crippen LogP contribution in [0.5, 0.6) is 0 Å². The topological polar surface area (TPSA) is 68.3 Å². The van der Waals surface area contributed by atoms with Crippen LogP contribution >= 0.6 is 0 Å². The number of nitro groups is 1. The van der Waals surface area contributed by atoms with Crippen molar-refractivity contribution in [2.45, 2.75) is 19.4 Å². The molecule has 0 aliphatic rings. The van der Waals surface area contributed by atoms with Gasteiger partial charge >= 0.3 is 5.88 Å². The van der Waals surface area contributed by atoms with E-state index in [0.717, 1.165) is 5.56 Å². The van der Waals surface area contributed by atoms with Crippen LogP contribution in [0.3, 0.4) is 0 Å². The van der Waals surface area contributed by atoms with Gasteiger partial charge in [0, 0.05) is 0 Å². The summed E-state index contributed by atoms with van der Waals surface area (Å²) in [6, 6.07) is 8.94. The summed E-state index contributed by atoms with van der Waals surface area (Å²) in [5.74, 6) is -0.117. The fourth-order valence-corrected chi connectivity index (χ4v) is 2.05. The highest BCUT2D eigenvalue weighted by molar-refractivity contribution is 5.23. The Kier molecular flexibility index (Phi) is 4.47. The predicted octanol–water partition coefficient (Wildman–Crippen LogP) is 3.22. The van der Waals surface area contributed by atoms with Crippen molar-refractivity contribution in [1.29, 1.82) is 0 Å². The summed E-state index contributed by atoms with van der Waals surface area (Å²) in [6.07, 6.45) is 0.496. The zero-order valence-corrected chi connectivity index (χ0v) is 11.0. The van der Waals surface area contributed by atoms with Gasteiger partial charge in [-0.25, -0.2) is 4.39 Å². The van der Waals surface area contributed by atoms with Crippen LogP contribution in [0, 0.1) is 15.9 Å². The molecule has 0 saturated carbocycles. The SMILES string of the molecule is CCNC(Cc1cccc(F)c1)c1ccc([N+](=O)[O-])o1. The first kappa shape index (κ1) is 14.2. The monoisotopic (exact) mass is 278 g/mol. The Labute approximate surface area is 115 Å². The molecule has 0 radical (unpaired) electrons. The lowest BCUT2D eigenvalue weighted by Crippen LogP contribution is -2.22. The minimum absolute atomic E-state index is 0.226. The van der Waals surface area contributed by atoms with Gasteiger partial charge in [-0.3, -0.25) is 10.1 Å². The molecule has 106 valence electrons. The molecule has 6 heteroatoms. The summed E-state index contributed by atoms with van der Waals surface area (Å²) in [5.41, 5.74) is 0.801. The standard InChI is InChI=1S/C14H15FN2O3/c1-2-16-12(9-10-4-3-5-11(15)8-10)13-6-7-14(20-13)17(18)19/h3-8,12,16H,2,9H2,1H3. The third-order valence-corrected chi connectivity index (χ3v) is 2.92. The summed E-state index contributed by atoms with van der Waals surface area (Å²) in [4.78, 5) is 10.1. The van der Waals surface area contributed by atoms with Gasteiger partial charge in [-0.2, -0.15) is 0 Å². The second-order valence-electron chi connectivity index (χ2n) is 4.38. The second kappa shape index (κ2) is 6.29. The van der Waals surface area contributed by atoms with Crippen LogP contribution in [0.2, 0.25) is 0 Å². The van der Waals surface area contributed by atoms with Crippen LogP contribution in [0.15, 0.2) is 40.8 Å². The predicted molar refractivity (Wildman–Crippen MR) is 71.9 cm³/mol. The van der Waals surface area contributed by atoms with E-state index < -0.39 is 4.92 Å². The second-order valence-corrected chi connectivity index (χ2v) is 4.38. The highest BCUT2D eigenvalue weighted by Crippen LogP contribution is 2.24.